The Labute approximate surface area is 350 Å². The lowest BCUT2D eigenvalue weighted by Crippen LogP contribution is -2.28. The van der Waals surface area contributed by atoms with Crippen LogP contribution in [0.1, 0.15) is 29.1 Å². The Kier molecular flexibility index (Phi) is 7.06. The molecular formula is C55H38N2S. The summed E-state index contributed by atoms with van der Waals surface area (Å²) in [6.07, 6.45) is 0. The van der Waals surface area contributed by atoms with Gasteiger partial charge in [-0.2, -0.15) is 0 Å². The number of rotatable bonds is 8. The van der Waals surface area contributed by atoms with E-state index in [2.05, 4.69) is 125 Å². The maximum absolute atomic E-state index is 9.70. The van der Waals surface area contributed by atoms with Crippen molar-refractivity contribution in [3.8, 4) is 11.1 Å². The zero-order valence-corrected chi connectivity index (χ0v) is 32.2. The first-order valence-electron chi connectivity index (χ1n) is 21.9. The minimum Gasteiger partial charge on any atom is -0.310 e. The standard InChI is InChI=1S/C55H38N2S/c1-6-18-39(19-7-1)55(40-30-35-54-50(36-40)47-28-16-17-29-53(47)58-54)51-33-31-45(56(41-20-8-2-9-21-41)42-22-10-3-11-23-42)37-48(51)49-38-46(32-34-52(49)55)57(43-24-12-4-13-25-43)44-26-14-5-15-27-44/h1-38H/i1D,6D,7D,18D,19D. The minimum atomic E-state index is -1.32. The third-order valence-corrected chi connectivity index (χ3v) is 12.5. The van der Waals surface area contributed by atoms with Gasteiger partial charge in [0.15, 0.2) is 0 Å². The molecule has 0 fully saturated rings. The second kappa shape index (κ2) is 14.1. The number of thiophene rings is 1. The SMILES string of the molecule is [2H]c1c([2H])c([2H])c(C2(c3ccc4sc5ccccc5c4c3)c3ccc(N(c4ccccc4)c4ccccc4)cc3-c3cc(N(c4ccccc4)c4ccccc4)ccc32)c([2H])c1[2H]. The Morgan fingerprint density at radius 2 is 0.810 bits per heavy atom. The minimum absolute atomic E-state index is 0.221. The third kappa shape index (κ3) is 5.47. The predicted octanol–water partition coefficient (Wildman–Crippen LogP) is 15.4. The van der Waals surface area contributed by atoms with Crippen LogP contribution in [0.25, 0.3) is 31.3 Å². The molecule has 0 radical (unpaired) electrons. The molecule has 9 aromatic carbocycles. The van der Waals surface area contributed by atoms with Crippen LogP contribution in [-0.4, -0.2) is 0 Å². The van der Waals surface area contributed by atoms with Crippen molar-refractivity contribution in [1.82, 2.24) is 0 Å². The van der Waals surface area contributed by atoms with Crippen LogP contribution in [0.15, 0.2) is 230 Å². The maximum Gasteiger partial charge on any atom is 0.0713 e. The first-order valence-corrected chi connectivity index (χ1v) is 20.3. The maximum atomic E-state index is 9.70. The fraction of sp³-hybridized carbons (Fsp3) is 0.0182. The molecule has 0 atom stereocenters. The van der Waals surface area contributed by atoms with Crippen LogP contribution in [0.5, 0.6) is 0 Å². The van der Waals surface area contributed by atoms with Crippen molar-refractivity contribution in [2.75, 3.05) is 9.80 Å². The normalized spacial score (nSPS) is 13.8. The van der Waals surface area contributed by atoms with E-state index in [1.54, 1.807) is 11.3 Å². The number of para-hydroxylation sites is 4. The highest BCUT2D eigenvalue weighted by atomic mass is 32.1. The van der Waals surface area contributed by atoms with Gasteiger partial charge in [-0.05, 0) is 124 Å². The summed E-state index contributed by atoms with van der Waals surface area (Å²) in [4.78, 5) is 4.47. The average Bonchev–Trinajstić information content (AvgIpc) is 3.85. The molecule has 1 heterocycles. The Hall–Kier alpha value is -7.20. The molecule has 0 amide bonds. The van der Waals surface area contributed by atoms with Crippen LogP contribution >= 0.6 is 11.3 Å². The molecule has 0 aliphatic heterocycles. The largest absolute Gasteiger partial charge is 0.310 e. The molecule has 0 bridgehead atoms. The number of hydrogen-bond acceptors (Lipinski definition) is 3. The topological polar surface area (TPSA) is 6.48 Å². The van der Waals surface area contributed by atoms with Crippen LogP contribution in [0.2, 0.25) is 0 Å². The molecule has 274 valence electrons. The highest BCUT2D eigenvalue weighted by molar-refractivity contribution is 7.25. The molecule has 58 heavy (non-hydrogen) atoms. The quantitative estimate of drug-likeness (QED) is 0.152. The van der Waals surface area contributed by atoms with E-state index in [4.69, 9.17) is 4.11 Å². The number of anilines is 6. The van der Waals surface area contributed by atoms with E-state index in [1.165, 1.54) is 0 Å². The predicted molar refractivity (Wildman–Crippen MR) is 246 cm³/mol. The lowest BCUT2D eigenvalue weighted by molar-refractivity contribution is 0.770. The fourth-order valence-corrected chi connectivity index (χ4v) is 10.00. The van der Waals surface area contributed by atoms with E-state index in [9.17, 15) is 2.74 Å². The van der Waals surface area contributed by atoms with Crippen molar-refractivity contribution in [1.29, 1.82) is 0 Å². The van der Waals surface area contributed by atoms with Gasteiger partial charge in [0.2, 0.25) is 0 Å². The van der Waals surface area contributed by atoms with Crippen molar-refractivity contribution < 1.29 is 6.85 Å². The molecule has 11 rings (SSSR count). The van der Waals surface area contributed by atoms with Gasteiger partial charge in [0.05, 0.1) is 12.3 Å². The van der Waals surface area contributed by atoms with E-state index >= 15 is 0 Å². The number of nitrogens with zero attached hydrogens (tertiary/aromatic N) is 2. The third-order valence-electron chi connectivity index (χ3n) is 11.4. The first-order chi connectivity index (χ1) is 30.8. The van der Waals surface area contributed by atoms with Crippen molar-refractivity contribution >= 4 is 65.6 Å². The van der Waals surface area contributed by atoms with Gasteiger partial charge in [0.25, 0.3) is 0 Å². The Balaban J connectivity index is 1.27. The second-order valence-electron chi connectivity index (χ2n) is 14.5. The number of benzene rings is 9. The van der Waals surface area contributed by atoms with Gasteiger partial charge in [-0.3, -0.25) is 0 Å². The lowest BCUT2D eigenvalue weighted by Gasteiger charge is -2.34. The molecule has 0 N–H and O–H groups in total. The van der Waals surface area contributed by atoms with Gasteiger partial charge in [0, 0.05) is 54.3 Å². The molecule has 2 nitrogen and oxygen atoms in total. The number of fused-ring (bicyclic) bond motifs is 6. The van der Waals surface area contributed by atoms with Gasteiger partial charge in [-0.1, -0.05) is 139 Å². The first kappa shape index (κ1) is 29.1. The van der Waals surface area contributed by atoms with Gasteiger partial charge >= 0.3 is 0 Å². The summed E-state index contributed by atoms with van der Waals surface area (Å²) in [5, 5.41) is 2.17. The molecule has 3 heteroatoms. The van der Waals surface area contributed by atoms with Gasteiger partial charge in [-0.25, -0.2) is 0 Å². The van der Waals surface area contributed by atoms with Gasteiger partial charge in [0.1, 0.15) is 0 Å². The summed E-state index contributed by atoms with van der Waals surface area (Å²) >= 11 is 1.72. The van der Waals surface area contributed by atoms with Crippen LogP contribution in [0.3, 0.4) is 0 Å². The molecular weight excluding hydrogens is 721 g/mol. The zero-order chi connectivity index (χ0) is 42.8. The smallest absolute Gasteiger partial charge is 0.0713 e. The van der Waals surface area contributed by atoms with Crippen molar-refractivity contribution in [3.63, 3.8) is 0 Å². The Bertz CT molecular complexity index is 3120. The summed E-state index contributed by atoms with van der Waals surface area (Å²) < 4.78 is 48.5. The monoisotopic (exact) mass is 763 g/mol. The van der Waals surface area contributed by atoms with Crippen molar-refractivity contribution in [2.45, 2.75) is 5.41 Å². The number of hydrogen-bond donors (Lipinski definition) is 0. The van der Waals surface area contributed by atoms with Crippen LogP contribution in [0.4, 0.5) is 34.1 Å². The van der Waals surface area contributed by atoms with Crippen LogP contribution in [0, 0.1) is 0 Å². The van der Waals surface area contributed by atoms with E-state index in [0.29, 0.717) is 0 Å². The molecule has 1 aliphatic rings. The highest BCUT2D eigenvalue weighted by Gasteiger charge is 2.47. The van der Waals surface area contributed by atoms with Gasteiger partial charge < -0.3 is 9.80 Å². The van der Waals surface area contributed by atoms with Crippen molar-refractivity contribution in [3.05, 3.63) is 253 Å². The van der Waals surface area contributed by atoms with E-state index in [1.807, 2.05) is 84.9 Å². The summed E-state index contributed by atoms with van der Waals surface area (Å²) in [6, 6.07) is 67.2. The lowest BCUT2D eigenvalue weighted by atomic mass is 9.67. The molecule has 0 saturated heterocycles. The van der Waals surface area contributed by atoms with E-state index in [-0.39, 0.29) is 29.7 Å². The second-order valence-corrected chi connectivity index (χ2v) is 15.6. The summed E-state index contributed by atoms with van der Waals surface area (Å²) in [7, 11) is 0. The zero-order valence-electron chi connectivity index (χ0n) is 36.4. The van der Waals surface area contributed by atoms with Crippen LogP contribution in [-0.2, 0) is 5.41 Å². The fourth-order valence-electron chi connectivity index (χ4n) is 8.91. The van der Waals surface area contributed by atoms with E-state index in [0.717, 1.165) is 82.1 Å². The molecule has 0 unspecified atom stereocenters. The van der Waals surface area contributed by atoms with Crippen LogP contribution < -0.4 is 9.80 Å². The Morgan fingerprint density at radius 3 is 1.31 bits per heavy atom. The van der Waals surface area contributed by atoms with E-state index < -0.39 is 11.5 Å². The average molecular weight is 764 g/mol. The Morgan fingerprint density at radius 1 is 0.362 bits per heavy atom. The molecule has 1 aliphatic carbocycles. The molecule has 10 aromatic rings. The van der Waals surface area contributed by atoms with Gasteiger partial charge in [-0.15, -0.1) is 11.3 Å². The van der Waals surface area contributed by atoms with Crippen molar-refractivity contribution in [2.24, 2.45) is 0 Å². The highest BCUT2D eigenvalue weighted by Crippen LogP contribution is 2.59. The summed E-state index contributed by atoms with van der Waals surface area (Å²) in [5.41, 5.74) is 9.00. The molecule has 0 saturated carbocycles. The summed E-state index contributed by atoms with van der Waals surface area (Å²) in [5.74, 6) is 0. The summed E-state index contributed by atoms with van der Waals surface area (Å²) in [6.45, 7) is 0. The molecule has 1 aromatic heterocycles. The molecule has 0 spiro atoms.